The molecule has 0 heterocycles. The van der Waals surface area contributed by atoms with E-state index in [0.29, 0.717) is 0 Å². The zero-order valence-corrected chi connectivity index (χ0v) is 8.21. The van der Waals surface area contributed by atoms with Crippen molar-refractivity contribution < 1.29 is 0 Å². The lowest BCUT2D eigenvalue weighted by atomic mass is 10.1. The van der Waals surface area contributed by atoms with E-state index in [1.807, 2.05) is 11.8 Å². The van der Waals surface area contributed by atoms with E-state index in [0.717, 1.165) is 5.25 Å². The standard InChI is InChI=1S/C9H19S/c1-4-6-7-8-9(5-2)10-3/h5,9H,4,6-8H2,1-3H3/q-1. The van der Waals surface area contributed by atoms with Crippen molar-refractivity contribution in [2.24, 2.45) is 0 Å². The van der Waals surface area contributed by atoms with Gasteiger partial charge >= 0.3 is 0 Å². The first-order chi connectivity index (χ1) is 4.85. The first-order valence-corrected chi connectivity index (χ1v) is 5.46. The number of rotatable bonds is 6. The Kier molecular flexibility index (Phi) is 7.72. The molecule has 0 amide bonds. The van der Waals surface area contributed by atoms with Crippen molar-refractivity contribution >= 4 is 11.8 Å². The fourth-order valence-corrected chi connectivity index (χ4v) is 1.69. The van der Waals surface area contributed by atoms with Crippen molar-refractivity contribution in [2.45, 2.75) is 44.8 Å². The van der Waals surface area contributed by atoms with Crippen LogP contribution in [0.25, 0.3) is 0 Å². The van der Waals surface area contributed by atoms with Gasteiger partial charge in [-0.1, -0.05) is 32.6 Å². The molecule has 1 unspecified atom stereocenters. The fraction of sp³-hybridized carbons (Fsp3) is 0.889. The normalized spacial score (nSPS) is 13.5. The summed E-state index contributed by atoms with van der Waals surface area (Å²) in [6.07, 6.45) is 9.99. The van der Waals surface area contributed by atoms with Gasteiger partial charge in [-0.15, -0.1) is 5.25 Å². The van der Waals surface area contributed by atoms with Crippen LogP contribution >= 0.6 is 11.8 Å². The van der Waals surface area contributed by atoms with Crippen molar-refractivity contribution in [1.29, 1.82) is 0 Å². The van der Waals surface area contributed by atoms with Gasteiger partial charge in [0.1, 0.15) is 0 Å². The molecule has 0 nitrogen and oxygen atoms in total. The van der Waals surface area contributed by atoms with Crippen LogP contribution < -0.4 is 0 Å². The summed E-state index contributed by atoms with van der Waals surface area (Å²) in [5, 5.41) is 0.798. The Labute approximate surface area is 69.8 Å². The first-order valence-electron chi connectivity index (χ1n) is 4.17. The van der Waals surface area contributed by atoms with Crippen LogP contribution in [0.4, 0.5) is 0 Å². The van der Waals surface area contributed by atoms with E-state index < -0.39 is 0 Å². The zero-order chi connectivity index (χ0) is 7.82. The molecule has 0 bridgehead atoms. The molecule has 0 aromatic rings. The molecule has 0 aliphatic carbocycles. The fourth-order valence-electron chi connectivity index (χ4n) is 1.02. The highest BCUT2D eigenvalue weighted by atomic mass is 32.2. The SMILES string of the molecule is C[CH-]C(CCCCC)SC. The van der Waals surface area contributed by atoms with E-state index in [2.05, 4.69) is 26.5 Å². The average Bonchev–Trinajstić information content (AvgIpc) is 1.99. The number of hydrogen-bond donors (Lipinski definition) is 0. The van der Waals surface area contributed by atoms with E-state index in [-0.39, 0.29) is 0 Å². The third-order valence-corrected chi connectivity index (χ3v) is 2.88. The molecule has 10 heavy (non-hydrogen) atoms. The van der Waals surface area contributed by atoms with Crippen LogP contribution in [0, 0.1) is 6.42 Å². The summed E-state index contributed by atoms with van der Waals surface area (Å²) in [7, 11) is 0. The Bertz CT molecular complexity index is 57.7. The largest absolute Gasteiger partial charge is 0.319 e. The molecule has 0 aliphatic rings. The van der Waals surface area contributed by atoms with Gasteiger partial charge in [-0.3, -0.25) is 0 Å². The molecular formula is C9H19S-. The Morgan fingerprint density at radius 2 is 2.10 bits per heavy atom. The third-order valence-electron chi connectivity index (χ3n) is 1.77. The van der Waals surface area contributed by atoms with Crippen LogP contribution in [0.5, 0.6) is 0 Å². The Hall–Kier alpha value is 0.350. The Morgan fingerprint density at radius 3 is 2.50 bits per heavy atom. The molecule has 0 rings (SSSR count). The van der Waals surface area contributed by atoms with Crippen molar-refractivity contribution in [2.75, 3.05) is 6.26 Å². The van der Waals surface area contributed by atoms with Crippen molar-refractivity contribution in [3.05, 3.63) is 6.42 Å². The maximum absolute atomic E-state index is 2.31. The third kappa shape index (κ3) is 5.16. The lowest BCUT2D eigenvalue weighted by Gasteiger charge is -2.19. The first kappa shape index (κ1) is 10.3. The number of unbranched alkanes of at least 4 members (excludes halogenated alkanes) is 2. The predicted molar refractivity (Wildman–Crippen MR) is 51.4 cm³/mol. The maximum atomic E-state index is 2.31. The van der Waals surface area contributed by atoms with Gasteiger partial charge in [-0.25, -0.2) is 0 Å². The highest BCUT2D eigenvalue weighted by Gasteiger charge is 1.93. The Morgan fingerprint density at radius 1 is 1.40 bits per heavy atom. The van der Waals surface area contributed by atoms with Gasteiger partial charge in [0.05, 0.1) is 0 Å². The quantitative estimate of drug-likeness (QED) is 0.422. The summed E-state index contributed by atoms with van der Waals surface area (Å²) < 4.78 is 0. The summed E-state index contributed by atoms with van der Waals surface area (Å²) in [6, 6.07) is 0. The second-order valence-corrected chi connectivity index (χ2v) is 3.68. The number of thioether (sulfide) groups is 1. The minimum Gasteiger partial charge on any atom is -0.319 e. The van der Waals surface area contributed by atoms with Gasteiger partial charge in [0, 0.05) is 0 Å². The second kappa shape index (κ2) is 7.46. The van der Waals surface area contributed by atoms with Gasteiger partial charge in [0.2, 0.25) is 0 Å². The summed E-state index contributed by atoms with van der Waals surface area (Å²) >= 11 is 1.96. The minimum absolute atomic E-state index is 0.798. The highest BCUT2D eigenvalue weighted by molar-refractivity contribution is 7.99. The van der Waals surface area contributed by atoms with Crippen LogP contribution in [0.15, 0.2) is 0 Å². The summed E-state index contributed by atoms with van der Waals surface area (Å²) in [6.45, 7) is 4.41. The van der Waals surface area contributed by atoms with Gasteiger partial charge in [0.25, 0.3) is 0 Å². The molecule has 0 spiro atoms. The van der Waals surface area contributed by atoms with E-state index >= 15 is 0 Å². The molecule has 0 fully saturated rings. The van der Waals surface area contributed by atoms with Crippen LogP contribution in [0.1, 0.15) is 39.5 Å². The summed E-state index contributed by atoms with van der Waals surface area (Å²) in [4.78, 5) is 0. The smallest absolute Gasteiger partial charge is 0.0207 e. The van der Waals surface area contributed by atoms with Crippen molar-refractivity contribution in [3.8, 4) is 0 Å². The van der Waals surface area contributed by atoms with E-state index in [9.17, 15) is 0 Å². The van der Waals surface area contributed by atoms with Crippen molar-refractivity contribution in [1.82, 2.24) is 0 Å². The molecule has 0 aromatic heterocycles. The van der Waals surface area contributed by atoms with Gasteiger partial charge in [-0.2, -0.15) is 18.7 Å². The topological polar surface area (TPSA) is 0 Å². The van der Waals surface area contributed by atoms with Crippen LogP contribution in [0.3, 0.4) is 0 Å². The minimum atomic E-state index is 0.798. The predicted octanol–water partition coefficient (Wildman–Crippen LogP) is 3.52. The van der Waals surface area contributed by atoms with Gasteiger partial charge in [-0.05, 0) is 6.26 Å². The van der Waals surface area contributed by atoms with Crippen LogP contribution in [-0.4, -0.2) is 11.5 Å². The summed E-state index contributed by atoms with van der Waals surface area (Å²) in [5.41, 5.74) is 0. The van der Waals surface area contributed by atoms with Crippen LogP contribution in [0.2, 0.25) is 0 Å². The van der Waals surface area contributed by atoms with Gasteiger partial charge < -0.3 is 6.42 Å². The molecule has 0 saturated heterocycles. The van der Waals surface area contributed by atoms with E-state index in [1.54, 1.807) is 0 Å². The molecule has 62 valence electrons. The highest BCUT2D eigenvalue weighted by Crippen LogP contribution is 2.16. The molecule has 0 N–H and O–H groups in total. The van der Waals surface area contributed by atoms with Crippen LogP contribution in [-0.2, 0) is 0 Å². The zero-order valence-electron chi connectivity index (χ0n) is 7.39. The lowest BCUT2D eigenvalue weighted by molar-refractivity contribution is 0.670. The molecule has 0 aromatic carbocycles. The van der Waals surface area contributed by atoms with E-state index in [1.165, 1.54) is 25.7 Å². The molecule has 1 heteroatoms. The summed E-state index contributed by atoms with van der Waals surface area (Å²) in [5.74, 6) is 0. The molecule has 0 radical (unpaired) electrons. The molecule has 1 atom stereocenters. The molecular weight excluding hydrogens is 140 g/mol. The monoisotopic (exact) mass is 159 g/mol. The van der Waals surface area contributed by atoms with Gasteiger partial charge in [0.15, 0.2) is 0 Å². The number of hydrogen-bond acceptors (Lipinski definition) is 1. The maximum Gasteiger partial charge on any atom is -0.0207 e. The average molecular weight is 159 g/mol. The Balaban J connectivity index is 3.09. The van der Waals surface area contributed by atoms with Crippen molar-refractivity contribution in [3.63, 3.8) is 0 Å². The molecule has 0 saturated carbocycles. The van der Waals surface area contributed by atoms with E-state index in [4.69, 9.17) is 0 Å². The molecule has 0 aliphatic heterocycles. The second-order valence-electron chi connectivity index (χ2n) is 2.60. The lowest BCUT2D eigenvalue weighted by Crippen LogP contribution is -1.99.